The van der Waals surface area contributed by atoms with E-state index in [2.05, 4.69) is 4.98 Å². The van der Waals surface area contributed by atoms with Gasteiger partial charge in [0.25, 0.3) is 0 Å². The highest BCUT2D eigenvalue weighted by Gasteiger charge is 2.56. The Morgan fingerprint density at radius 3 is 2.39 bits per heavy atom. The highest BCUT2D eigenvalue weighted by Crippen LogP contribution is 2.42. The van der Waals surface area contributed by atoms with Crippen LogP contribution in [0.5, 0.6) is 0 Å². The van der Waals surface area contributed by atoms with E-state index >= 15 is 0 Å². The van der Waals surface area contributed by atoms with Crippen LogP contribution in [-0.4, -0.2) is 37.0 Å². The van der Waals surface area contributed by atoms with Crippen molar-refractivity contribution in [2.24, 2.45) is 0 Å². The second-order valence-corrected chi connectivity index (χ2v) is 5.65. The van der Waals surface area contributed by atoms with E-state index in [9.17, 15) is 13.2 Å². The number of aryl methyl sites for hydroxylation is 1. The Labute approximate surface area is 108 Å². The molecule has 102 valence electrons. The lowest BCUT2D eigenvalue weighted by atomic mass is 9.90. The fraction of sp³-hybridized carbons (Fsp3) is 0.727. The molecule has 0 bridgehead atoms. The molecule has 0 radical (unpaired) electrons. The molecule has 0 aliphatic carbocycles. The summed E-state index contributed by atoms with van der Waals surface area (Å²) in [6.07, 6.45) is -2.67. The molecule has 0 saturated carbocycles. The smallest absolute Gasteiger partial charge is 0.369 e. The first kappa shape index (κ1) is 13.6. The number of rotatable bonds is 2. The van der Waals surface area contributed by atoms with Crippen LogP contribution in [0.2, 0.25) is 0 Å². The molecule has 1 aliphatic heterocycles. The number of hydrogen-bond acceptors (Lipinski definition) is 4. The van der Waals surface area contributed by atoms with Gasteiger partial charge >= 0.3 is 6.18 Å². The molecule has 0 unspecified atom stereocenters. The maximum Gasteiger partial charge on any atom is 0.417 e. The number of anilines is 1. The predicted molar refractivity (Wildman–Crippen MR) is 64.1 cm³/mol. The van der Waals surface area contributed by atoms with Gasteiger partial charge in [-0.05, 0) is 6.92 Å². The third kappa shape index (κ3) is 2.33. The molecule has 1 saturated heterocycles. The number of methoxy groups -OCH3 is 1. The lowest BCUT2D eigenvalue weighted by molar-refractivity contribution is -0.276. The second kappa shape index (κ2) is 4.70. The summed E-state index contributed by atoms with van der Waals surface area (Å²) in [4.78, 5) is 7.15. The van der Waals surface area contributed by atoms with Crippen LogP contribution in [0.1, 0.15) is 17.7 Å². The maximum absolute atomic E-state index is 13.0. The van der Waals surface area contributed by atoms with Crippen molar-refractivity contribution in [1.82, 2.24) is 4.98 Å². The van der Waals surface area contributed by atoms with Gasteiger partial charge in [0.05, 0.1) is 0 Å². The Morgan fingerprint density at radius 1 is 1.39 bits per heavy atom. The topological polar surface area (TPSA) is 25.4 Å². The first-order valence-corrected chi connectivity index (χ1v) is 6.49. The number of aromatic nitrogens is 1. The van der Waals surface area contributed by atoms with Crippen molar-refractivity contribution in [3.8, 4) is 0 Å². The summed E-state index contributed by atoms with van der Waals surface area (Å²) in [7, 11) is 1.14. The Morgan fingerprint density at radius 2 is 2.00 bits per heavy atom. The highest BCUT2D eigenvalue weighted by atomic mass is 32.1. The number of alkyl halides is 3. The van der Waals surface area contributed by atoms with Crippen molar-refractivity contribution in [3.05, 3.63) is 11.1 Å². The molecular weight excluding hydrogens is 265 g/mol. The quantitative estimate of drug-likeness (QED) is 0.832. The minimum atomic E-state index is -4.31. The fourth-order valence-corrected chi connectivity index (χ4v) is 2.96. The van der Waals surface area contributed by atoms with Gasteiger partial charge in [-0.15, -0.1) is 11.3 Å². The molecule has 18 heavy (non-hydrogen) atoms. The summed E-state index contributed by atoms with van der Waals surface area (Å²) in [5.74, 6) is 0. The zero-order valence-corrected chi connectivity index (χ0v) is 11.1. The van der Waals surface area contributed by atoms with Gasteiger partial charge in [0, 0.05) is 44.1 Å². The number of piperidine rings is 1. The molecule has 0 atom stereocenters. The number of nitrogens with zero attached hydrogens (tertiary/aromatic N) is 2. The van der Waals surface area contributed by atoms with Gasteiger partial charge in [-0.25, -0.2) is 4.98 Å². The van der Waals surface area contributed by atoms with E-state index in [-0.39, 0.29) is 12.8 Å². The average molecular weight is 280 g/mol. The molecule has 1 aromatic heterocycles. The summed E-state index contributed by atoms with van der Waals surface area (Å²) < 4.78 is 43.7. The zero-order chi connectivity index (χ0) is 13.4. The summed E-state index contributed by atoms with van der Waals surface area (Å²) in [6, 6.07) is 0. The Balaban J connectivity index is 2.07. The lowest BCUT2D eigenvalue weighted by Gasteiger charge is -2.41. The standard InChI is InChI=1S/C11H15F3N2OS/c1-8-7-15-9(18-8)16-5-3-10(17-2,4-6-16)11(12,13)14/h7H,3-6H2,1-2H3. The Bertz CT molecular complexity index is 411. The van der Waals surface area contributed by atoms with Crippen molar-refractivity contribution in [1.29, 1.82) is 0 Å². The molecule has 2 rings (SSSR count). The summed E-state index contributed by atoms with van der Waals surface area (Å²) in [5.41, 5.74) is -1.99. The second-order valence-electron chi connectivity index (χ2n) is 4.44. The normalized spacial score (nSPS) is 20.2. The van der Waals surface area contributed by atoms with E-state index in [1.165, 1.54) is 11.3 Å². The molecule has 7 heteroatoms. The van der Waals surface area contributed by atoms with Gasteiger partial charge in [-0.1, -0.05) is 0 Å². The van der Waals surface area contributed by atoms with Gasteiger partial charge in [-0.2, -0.15) is 13.2 Å². The molecule has 3 nitrogen and oxygen atoms in total. The van der Waals surface area contributed by atoms with Gasteiger partial charge in [-0.3, -0.25) is 0 Å². The molecule has 2 heterocycles. The Kier molecular flexibility index (Phi) is 3.55. The van der Waals surface area contributed by atoms with E-state index < -0.39 is 11.8 Å². The molecule has 0 aromatic carbocycles. The summed E-state index contributed by atoms with van der Waals surface area (Å²) >= 11 is 1.50. The number of thiazole rings is 1. The van der Waals surface area contributed by atoms with Crippen LogP contribution in [0.15, 0.2) is 6.20 Å². The highest BCUT2D eigenvalue weighted by molar-refractivity contribution is 7.15. The van der Waals surface area contributed by atoms with Crippen LogP contribution < -0.4 is 4.90 Å². The Hall–Kier alpha value is -0.820. The van der Waals surface area contributed by atoms with Gasteiger partial charge < -0.3 is 9.64 Å². The third-order valence-electron chi connectivity index (χ3n) is 3.36. The van der Waals surface area contributed by atoms with Crippen LogP contribution in [0.25, 0.3) is 0 Å². The first-order chi connectivity index (χ1) is 8.38. The van der Waals surface area contributed by atoms with Crippen molar-refractivity contribution >= 4 is 16.5 Å². The van der Waals surface area contributed by atoms with Crippen LogP contribution in [0.3, 0.4) is 0 Å². The summed E-state index contributed by atoms with van der Waals surface area (Å²) in [5, 5.41) is 0.791. The zero-order valence-electron chi connectivity index (χ0n) is 10.3. The average Bonchev–Trinajstić information content (AvgIpc) is 2.74. The summed E-state index contributed by atoms with van der Waals surface area (Å²) in [6.45, 7) is 2.57. The molecule has 0 N–H and O–H groups in total. The van der Waals surface area contributed by atoms with Crippen LogP contribution >= 0.6 is 11.3 Å². The predicted octanol–water partition coefficient (Wildman–Crippen LogP) is 3.00. The van der Waals surface area contributed by atoms with E-state index in [1.54, 1.807) is 6.20 Å². The molecular formula is C11H15F3N2OS. The minimum absolute atomic E-state index is 0.0500. The van der Waals surface area contributed by atoms with Gasteiger partial charge in [0.15, 0.2) is 10.7 Å². The minimum Gasteiger partial charge on any atom is -0.369 e. The van der Waals surface area contributed by atoms with Crippen LogP contribution in [-0.2, 0) is 4.74 Å². The van der Waals surface area contributed by atoms with Gasteiger partial charge in [0.1, 0.15) is 0 Å². The number of halogens is 3. The fourth-order valence-electron chi connectivity index (χ4n) is 2.15. The first-order valence-electron chi connectivity index (χ1n) is 5.67. The monoisotopic (exact) mass is 280 g/mol. The molecule has 1 aliphatic rings. The number of hydrogen-bond donors (Lipinski definition) is 0. The molecule has 1 fully saturated rings. The van der Waals surface area contributed by atoms with Crippen molar-refractivity contribution < 1.29 is 17.9 Å². The van der Waals surface area contributed by atoms with E-state index in [1.807, 2.05) is 11.8 Å². The SMILES string of the molecule is COC1(C(F)(F)F)CCN(c2ncc(C)s2)CC1. The van der Waals surface area contributed by atoms with Crippen molar-refractivity contribution in [2.45, 2.75) is 31.5 Å². The largest absolute Gasteiger partial charge is 0.417 e. The lowest BCUT2D eigenvalue weighted by Crippen LogP contribution is -2.54. The van der Waals surface area contributed by atoms with Crippen molar-refractivity contribution in [3.63, 3.8) is 0 Å². The van der Waals surface area contributed by atoms with E-state index in [0.29, 0.717) is 13.1 Å². The third-order valence-corrected chi connectivity index (χ3v) is 4.33. The molecule has 0 amide bonds. The molecule has 1 aromatic rings. The van der Waals surface area contributed by atoms with Gasteiger partial charge in [0.2, 0.25) is 0 Å². The van der Waals surface area contributed by atoms with Crippen molar-refractivity contribution in [2.75, 3.05) is 25.1 Å². The van der Waals surface area contributed by atoms with E-state index in [4.69, 9.17) is 4.74 Å². The number of ether oxygens (including phenoxy) is 1. The van der Waals surface area contributed by atoms with Crippen LogP contribution in [0, 0.1) is 6.92 Å². The van der Waals surface area contributed by atoms with Crippen LogP contribution in [0.4, 0.5) is 18.3 Å². The van der Waals surface area contributed by atoms with E-state index in [0.717, 1.165) is 17.1 Å². The maximum atomic E-state index is 13.0. The molecule has 0 spiro atoms.